The summed E-state index contributed by atoms with van der Waals surface area (Å²) in [5, 5.41) is 3.19. The van der Waals surface area contributed by atoms with E-state index in [1.165, 1.54) is 11.1 Å². The Morgan fingerprint density at radius 2 is 1.65 bits per heavy atom. The zero-order valence-corrected chi connectivity index (χ0v) is 15.4. The van der Waals surface area contributed by atoms with E-state index in [9.17, 15) is 4.79 Å². The van der Waals surface area contributed by atoms with Crippen LogP contribution in [0.1, 0.15) is 27.3 Å². The van der Waals surface area contributed by atoms with Gasteiger partial charge in [-0.2, -0.15) is 0 Å². The van der Waals surface area contributed by atoms with E-state index in [1.54, 1.807) is 18.0 Å². The number of rotatable bonds is 4. The van der Waals surface area contributed by atoms with Crippen LogP contribution in [0, 0.1) is 20.8 Å². The number of amides is 1. The molecule has 0 unspecified atom stereocenters. The number of benzene rings is 2. The normalized spacial score (nSPS) is 10.5. The largest absolute Gasteiger partial charge is 0.324 e. The second-order valence-electron chi connectivity index (χ2n) is 6.34. The molecule has 0 spiro atoms. The fourth-order valence-electron chi connectivity index (χ4n) is 2.62. The third-order valence-electron chi connectivity index (χ3n) is 4.28. The lowest BCUT2D eigenvalue weighted by Gasteiger charge is -2.17. The summed E-state index contributed by atoms with van der Waals surface area (Å²) >= 11 is 0. The van der Waals surface area contributed by atoms with Gasteiger partial charge in [-0.1, -0.05) is 24.3 Å². The minimum absolute atomic E-state index is 0.176. The molecule has 0 fully saturated rings. The van der Waals surface area contributed by atoms with Gasteiger partial charge in [0.05, 0.1) is 0 Å². The lowest BCUT2D eigenvalue weighted by atomic mass is 10.1. The molecule has 0 saturated heterocycles. The predicted molar refractivity (Wildman–Crippen MR) is 105 cm³/mol. The molecule has 5 nitrogen and oxygen atoms in total. The summed E-state index contributed by atoms with van der Waals surface area (Å²) in [6, 6.07) is 17.3. The monoisotopic (exact) mass is 346 g/mol. The van der Waals surface area contributed by atoms with Crippen LogP contribution in [0.15, 0.2) is 54.6 Å². The first-order valence-electron chi connectivity index (χ1n) is 8.47. The molecule has 26 heavy (non-hydrogen) atoms. The Kier molecular flexibility index (Phi) is 4.98. The van der Waals surface area contributed by atoms with Crippen LogP contribution in [0.25, 0.3) is 0 Å². The summed E-state index contributed by atoms with van der Waals surface area (Å²) in [6.45, 7) is 5.98. The fourth-order valence-corrected chi connectivity index (χ4v) is 2.62. The van der Waals surface area contributed by atoms with Gasteiger partial charge in [-0.15, -0.1) is 0 Å². The number of nitrogens with zero attached hydrogens (tertiary/aromatic N) is 3. The zero-order valence-electron chi connectivity index (χ0n) is 15.4. The predicted octanol–water partition coefficient (Wildman–Crippen LogP) is 4.42. The molecule has 1 aromatic heterocycles. The highest BCUT2D eigenvalue weighted by Crippen LogP contribution is 2.19. The maximum atomic E-state index is 12.8. The van der Waals surface area contributed by atoms with Crippen LogP contribution in [-0.4, -0.2) is 22.9 Å². The topological polar surface area (TPSA) is 58.1 Å². The molecule has 0 atom stereocenters. The van der Waals surface area contributed by atoms with E-state index in [0.717, 1.165) is 17.1 Å². The van der Waals surface area contributed by atoms with Crippen molar-refractivity contribution < 1.29 is 4.79 Å². The van der Waals surface area contributed by atoms with E-state index in [0.29, 0.717) is 11.6 Å². The molecule has 3 rings (SSSR count). The standard InChI is InChI=1S/C21H22N4O/c1-14-10-11-17(12-15(14)2)23-21-22-16(3)13-19(24-21)20(26)25(4)18-8-6-5-7-9-18/h5-13H,1-4H3,(H,22,23,24). The summed E-state index contributed by atoms with van der Waals surface area (Å²) in [6.07, 6.45) is 0. The van der Waals surface area contributed by atoms with E-state index in [1.807, 2.05) is 55.5 Å². The van der Waals surface area contributed by atoms with Crippen molar-refractivity contribution in [2.45, 2.75) is 20.8 Å². The highest BCUT2D eigenvalue weighted by molar-refractivity contribution is 6.04. The molecule has 0 saturated carbocycles. The molecule has 1 amide bonds. The Morgan fingerprint density at radius 3 is 2.35 bits per heavy atom. The number of nitrogens with one attached hydrogen (secondary N) is 1. The molecular formula is C21H22N4O. The highest BCUT2D eigenvalue weighted by atomic mass is 16.2. The van der Waals surface area contributed by atoms with Crippen LogP contribution in [-0.2, 0) is 0 Å². The van der Waals surface area contributed by atoms with Gasteiger partial charge in [0.25, 0.3) is 5.91 Å². The van der Waals surface area contributed by atoms with Crippen LogP contribution in [0.5, 0.6) is 0 Å². The van der Waals surface area contributed by atoms with Gasteiger partial charge in [0.1, 0.15) is 5.69 Å². The Bertz CT molecular complexity index is 938. The molecule has 0 bridgehead atoms. The maximum absolute atomic E-state index is 12.8. The Balaban J connectivity index is 1.87. The first-order valence-corrected chi connectivity index (χ1v) is 8.47. The number of hydrogen-bond acceptors (Lipinski definition) is 4. The smallest absolute Gasteiger partial charge is 0.276 e. The summed E-state index contributed by atoms with van der Waals surface area (Å²) in [5.74, 6) is 0.239. The molecule has 0 aliphatic carbocycles. The molecule has 0 aliphatic rings. The van der Waals surface area contributed by atoms with E-state index in [4.69, 9.17) is 0 Å². The Labute approximate surface area is 153 Å². The molecule has 5 heteroatoms. The second-order valence-corrected chi connectivity index (χ2v) is 6.34. The molecular weight excluding hydrogens is 324 g/mol. The van der Waals surface area contributed by atoms with Crippen molar-refractivity contribution >= 4 is 23.2 Å². The summed E-state index contributed by atoms with van der Waals surface area (Å²) in [7, 11) is 1.74. The first kappa shape index (κ1) is 17.6. The van der Waals surface area contributed by atoms with Crippen LogP contribution in [0.4, 0.5) is 17.3 Å². The fraction of sp³-hybridized carbons (Fsp3) is 0.190. The van der Waals surface area contributed by atoms with Crippen molar-refractivity contribution in [1.82, 2.24) is 9.97 Å². The zero-order chi connectivity index (χ0) is 18.7. The Morgan fingerprint density at radius 1 is 0.923 bits per heavy atom. The van der Waals surface area contributed by atoms with Crippen LogP contribution in [0.3, 0.4) is 0 Å². The van der Waals surface area contributed by atoms with E-state index >= 15 is 0 Å². The third-order valence-corrected chi connectivity index (χ3v) is 4.28. The van der Waals surface area contributed by atoms with Gasteiger partial charge >= 0.3 is 0 Å². The molecule has 1 N–H and O–H groups in total. The average molecular weight is 346 g/mol. The van der Waals surface area contributed by atoms with Gasteiger partial charge in [-0.25, -0.2) is 9.97 Å². The van der Waals surface area contributed by atoms with Crippen molar-refractivity contribution in [3.8, 4) is 0 Å². The average Bonchev–Trinajstić information content (AvgIpc) is 2.64. The molecule has 0 aliphatic heterocycles. The Hall–Kier alpha value is -3.21. The van der Waals surface area contributed by atoms with Crippen LogP contribution in [0.2, 0.25) is 0 Å². The van der Waals surface area contributed by atoms with Crippen molar-refractivity contribution in [3.63, 3.8) is 0 Å². The van der Waals surface area contributed by atoms with E-state index in [2.05, 4.69) is 29.1 Å². The lowest BCUT2D eigenvalue weighted by Crippen LogP contribution is -2.27. The van der Waals surface area contributed by atoms with E-state index < -0.39 is 0 Å². The first-order chi connectivity index (χ1) is 12.4. The number of hydrogen-bond donors (Lipinski definition) is 1. The summed E-state index contributed by atoms with van der Waals surface area (Å²) in [4.78, 5) is 23.2. The van der Waals surface area contributed by atoms with Gasteiger partial charge < -0.3 is 10.2 Å². The number of para-hydroxylation sites is 1. The van der Waals surface area contributed by atoms with Crippen LogP contribution < -0.4 is 10.2 Å². The maximum Gasteiger partial charge on any atom is 0.276 e. The molecule has 132 valence electrons. The van der Waals surface area contributed by atoms with Crippen molar-refractivity contribution in [2.75, 3.05) is 17.3 Å². The molecule has 3 aromatic rings. The number of aryl methyl sites for hydroxylation is 3. The van der Waals surface area contributed by atoms with E-state index in [-0.39, 0.29) is 5.91 Å². The number of carbonyl (C=O) groups is 1. The highest BCUT2D eigenvalue weighted by Gasteiger charge is 2.16. The minimum atomic E-state index is -0.176. The molecule has 0 radical (unpaired) electrons. The molecule has 2 aromatic carbocycles. The van der Waals surface area contributed by atoms with Crippen molar-refractivity contribution in [3.05, 3.63) is 77.1 Å². The van der Waals surface area contributed by atoms with Gasteiger partial charge in [-0.05, 0) is 62.2 Å². The van der Waals surface area contributed by atoms with Crippen LogP contribution >= 0.6 is 0 Å². The number of aromatic nitrogens is 2. The van der Waals surface area contributed by atoms with Gasteiger partial charge in [0.15, 0.2) is 0 Å². The number of anilines is 3. The molecule has 1 heterocycles. The van der Waals surface area contributed by atoms with Crippen molar-refractivity contribution in [1.29, 1.82) is 0 Å². The minimum Gasteiger partial charge on any atom is -0.324 e. The number of carbonyl (C=O) groups excluding carboxylic acids is 1. The van der Waals surface area contributed by atoms with Gasteiger partial charge in [0.2, 0.25) is 5.95 Å². The van der Waals surface area contributed by atoms with Crippen molar-refractivity contribution in [2.24, 2.45) is 0 Å². The summed E-state index contributed by atoms with van der Waals surface area (Å²) in [5.41, 5.74) is 5.21. The quantitative estimate of drug-likeness (QED) is 0.759. The lowest BCUT2D eigenvalue weighted by molar-refractivity contribution is 0.0988. The SMILES string of the molecule is Cc1cc(C(=O)N(C)c2ccccc2)nc(Nc2ccc(C)c(C)c2)n1. The summed E-state index contributed by atoms with van der Waals surface area (Å²) < 4.78 is 0. The third kappa shape index (κ3) is 3.88. The second kappa shape index (κ2) is 7.35. The van der Waals surface area contributed by atoms with Gasteiger partial charge in [0, 0.05) is 24.1 Å². The van der Waals surface area contributed by atoms with Gasteiger partial charge in [-0.3, -0.25) is 4.79 Å².